The summed E-state index contributed by atoms with van der Waals surface area (Å²) in [4.78, 5) is 26.8. The highest BCUT2D eigenvalue weighted by molar-refractivity contribution is 5.92. The molecule has 0 aromatic carbocycles. The molecule has 8 nitrogen and oxygen atoms in total. The second kappa shape index (κ2) is 7.50. The number of amides is 1. The van der Waals surface area contributed by atoms with Crippen molar-refractivity contribution in [3.63, 3.8) is 0 Å². The molecular formula is C17H23N5O3. The van der Waals surface area contributed by atoms with E-state index in [4.69, 9.17) is 9.15 Å². The molecule has 0 atom stereocenters. The third-order valence-electron chi connectivity index (χ3n) is 4.17. The van der Waals surface area contributed by atoms with Gasteiger partial charge < -0.3 is 19.4 Å². The summed E-state index contributed by atoms with van der Waals surface area (Å²) >= 11 is 0. The maximum atomic E-state index is 12.6. The minimum atomic E-state index is -0.0859. The van der Waals surface area contributed by atoms with Crippen LogP contribution in [0.3, 0.4) is 0 Å². The molecule has 3 heterocycles. The zero-order valence-electron chi connectivity index (χ0n) is 14.8. The fraction of sp³-hybridized carbons (Fsp3) is 0.529. The highest BCUT2D eigenvalue weighted by atomic mass is 16.5. The molecule has 2 aromatic rings. The molecule has 1 amide bonds. The molecule has 25 heavy (non-hydrogen) atoms. The van der Waals surface area contributed by atoms with Crippen LogP contribution in [-0.4, -0.2) is 51.5 Å². The molecule has 0 radical (unpaired) electrons. The Morgan fingerprint density at radius 3 is 2.76 bits per heavy atom. The summed E-state index contributed by atoms with van der Waals surface area (Å²) in [5.41, 5.74) is 0.646. The van der Waals surface area contributed by atoms with Crippen molar-refractivity contribution in [3.8, 4) is 5.88 Å². The Bertz CT molecular complexity index is 738. The highest BCUT2D eigenvalue weighted by Gasteiger charge is 2.27. The molecule has 0 aliphatic carbocycles. The maximum absolute atomic E-state index is 12.6. The van der Waals surface area contributed by atoms with Gasteiger partial charge in [-0.15, -0.1) is 0 Å². The molecule has 1 N–H and O–H groups in total. The number of nitrogens with zero attached hydrogens (tertiary/aromatic N) is 4. The van der Waals surface area contributed by atoms with Crippen LogP contribution in [0.4, 0.5) is 5.82 Å². The molecule has 134 valence electrons. The standard InChI is InChI=1S/C17H23N5O3/c1-4-24-15-9-14(18-10-19-15)21-13-5-7-22(8-6-13)17(23)16-11(2)20-12(3)25-16/h9-10,13H,4-8H2,1-3H3,(H,18,19,21). The van der Waals surface area contributed by atoms with E-state index < -0.39 is 0 Å². The predicted octanol–water partition coefficient (Wildman–Crippen LogP) is 2.20. The number of hydrogen-bond acceptors (Lipinski definition) is 7. The Morgan fingerprint density at radius 2 is 2.12 bits per heavy atom. The number of piperidine rings is 1. The van der Waals surface area contributed by atoms with Crippen molar-refractivity contribution in [1.82, 2.24) is 19.9 Å². The van der Waals surface area contributed by atoms with Crippen molar-refractivity contribution in [3.05, 3.63) is 29.7 Å². The molecule has 3 rings (SSSR count). The van der Waals surface area contributed by atoms with Gasteiger partial charge in [-0.25, -0.2) is 15.0 Å². The number of nitrogens with one attached hydrogen (secondary N) is 1. The Kier molecular flexibility index (Phi) is 5.16. The number of ether oxygens (including phenoxy) is 1. The van der Waals surface area contributed by atoms with Crippen molar-refractivity contribution < 1.29 is 13.9 Å². The van der Waals surface area contributed by atoms with Crippen LogP contribution < -0.4 is 10.1 Å². The summed E-state index contributed by atoms with van der Waals surface area (Å²) in [7, 11) is 0. The van der Waals surface area contributed by atoms with Gasteiger partial charge in [0.05, 0.1) is 12.3 Å². The normalized spacial score (nSPS) is 15.2. The number of carbonyl (C=O) groups is 1. The van der Waals surface area contributed by atoms with Crippen LogP contribution in [-0.2, 0) is 0 Å². The Hall–Kier alpha value is -2.64. The van der Waals surface area contributed by atoms with Gasteiger partial charge in [0.15, 0.2) is 5.89 Å². The summed E-state index contributed by atoms with van der Waals surface area (Å²) in [6.45, 7) is 7.36. The summed E-state index contributed by atoms with van der Waals surface area (Å²) < 4.78 is 10.8. The fourth-order valence-corrected chi connectivity index (χ4v) is 2.95. The number of hydrogen-bond donors (Lipinski definition) is 1. The smallest absolute Gasteiger partial charge is 0.291 e. The minimum Gasteiger partial charge on any atom is -0.478 e. The van der Waals surface area contributed by atoms with Crippen molar-refractivity contribution >= 4 is 11.7 Å². The number of likely N-dealkylation sites (tertiary alicyclic amines) is 1. The second-order valence-electron chi connectivity index (χ2n) is 6.03. The molecule has 1 fully saturated rings. The van der Waals surface area contributed by atoms with Gasteiger partial charge in [0.2, 0.25) is 11.6 Å². The lowest BCUT2D eigenvalue weighted by Crippen LogP contribution is -2.42. The van der Waals surface area contributed by atoms with Gasteiger partial charge in [-0.1, -0.05) is 0 Å². The first-order valence-corrected chi connectivity index (χ1v) is 8.51. The molecule has 1 saturated heterocycles. The van der Waals surface area contributed by atoms with Crippen molar-refractivity contribution in [2.75, 3.05) is 25.0 Å². The van der Waals surface area contributed by atoms with Crippen LogP contribution in [0.2, 0.25) is 0 Å². The van der Waals surface area contributed by atoms with E-state index in [0.717, 1.165) is 18.7 Å². The molecule has 0 saturated carbocycles. The number of aryl methyl sites for hydroxylation is 2. The van der Waals surface area contributed by atoms with E-state index in [9.17, 15) is 4.79 Å². The fourth-order valence-electron chi connectivity index (χ4n) is 2.95. The number of oxazole rings is 1. The van der Waals surface area contributed by atoms with Gasteiger partial charge in [0.1, 0.15) is 12.1 Å². The molecular weight excluding hydrogens is 322 g/mol. The average molecular weight is 345 g/mol. The van der Waals surface area contributed by atoms with Crippen LogP contribution in [0.25, 0.3) is 0 Å². The van der Waals surface area contributed by atoms with Crippen molar-refractivity contribution in [2.24, 2.45) is 0 Å². The van der Waals surface area contributed by atoms with Crippen LogP contribution in [0, 0.1) is 13.8 Å². The highest BCUT2D eigenvalue weighted by Crippen LogP contribution is 2.20. The molecule has 0 unspecified atom stereocenters. The van der Waals surface area contributed by atoms with E-state index in [1.165, 1.54) is 6.33 Å². The van der Waals surface area contributed by atoms with E-state index in [0.29, 0.717) is 42.9 Å². The van der Waals surface area contributed by atoms with Crippen molar-refractivity contribution in [1.29, 1.82) is 0 Å². The SMILES string of the molecule is CCOc1cc(NC2CCN(C(=O)c3oc(C)nc3C)CC2)ncn1. The molecule has 1 aliphatic rings. The summed E-state index contributed by atoms with van der Waals surface area (Å²) in [5.74, 6) is 2.08. The third kappa shape index (κ3) is 4.07. The van der Waals surface area contributed by atoms with Crippen LogP contribution >= 0.6 is 0 Å². The van der Waals surface area contributed by atoms with Gasteiger partial charge in [-0.3, -0.25) is 4.79 Å². The van der Waals surface area contributed by atoms with E-state index in [1.807, 2.05) is 11.8 Å². The van der Waals surface area contributed by atoms with Crippen molar-refractivity contribution in [2.45, 2.75) is 39.7 Å². The Morgan fingerprint density at radius 1 is 1.36 bits per heavy atom. The Labute approximate surface area is 146 Å². The van der Waals surface area contributed by atoms with Crippen LogP contribution in [0.5, 0.6) is 5.88 Å². The van der Waals surface area contributed by atoms with Crippen LogP contribution in [0.1, 0.15) is 41.9 Å². The Balaban J connectivity index is 1.56. The van der Waals surface area contributed by atoms with E-state index in [2.05, 4.69) is 20.3 Å². The van der Waals surface area contributed by atoms with Gasteiger partial charge in [0.25, 0.3) is 5.91 Å². The first-order valence-electron chi connectivity index (χ1n) is 8.51. The predicted molar refractivity (Wildman–Crippen MR) is 91.7 cm³/mol. The largest absolute Gasteiger partial charge is 0.478 e. The molecule has 2 aromatic heterocycles. The molecule has 8 heteroatoms. The third-order valence-corrected chi connectivity index (χ3v) is 4.17. The zero-order chi connectivity index (χ0) is 17.8. The lowest BCUT2D eigenvalue weighted by molar-refractivity contribution is 0.0684. The average Bonchev–Trinajstić information content (AvgIpc) is 2.94. The maximum Gasteiger partial charge on any atom is 0.291 e. The molecule has 1 aliphatic heterocycles. The molecule has 0 bridgehead atoms. The summed E-state index contributed by atoms with van der Waals surface area (Å²) in [6.07, 6.45) is 3.17. The summed E-state index contributed by atoms with van der Waals surface area (Å²) in [5, 5.41) is 3.39. The van der Waals surface area contributed by atoms with Gasteiger partial charge in [-0.05, 0) is 26.7 Å². The lowest BCUT2D eigenvalue weighted by atomic mass is 10.0. The van der Waals surface area contributed by atoms with Gasteiger partial charge in [0, 0.05) is 32.1 Å². The summed E-state index contributed by atoms with van der Waals surface area (Å²) in [6, 6.07) is 2.05. The minimum absolute atomic E-state index is 0.0859. The van der Waals surface area contributed by atoms with Gasteiger partial charge >= 0.3 is 0 Å². The first-order chi connectivity index (χ1) is 12.1. The molecule has 0 spiro atoms. The quantitative estimate of drug-likeness (QED) is 0.888. The van der Waals surface area contributed by atoms with Gasteiger partial charge in [-0.2, -0.15) is 0 Å². The van der Waals surface area contributed by atoms with Crippen LogP contribution in [0.15, 0.2) is 16.8 Å². The monoisotopic (exact) mass is 345 g/mol. The number of anilines is 1. The van der Waals surface area contributed by atoms with E-state index >= 15 is 0 Å². The zero-order valence-corrected chi connectivity index (χ0v) is 14.8. The first kappa shape index (κ1) is 17.2. The van der Waals surface area contributed by atoms with E-state index in [-0.39, 0.29) is 11.9 Å². The van der Waals surface area contributed by atoms with E-state index in [1.54, 1.807) is 19.9 Å². The lowest BCUT2D eigenvalue weighted by Gasteiger charge is -2.32. The topological polar surface area (TPSA) is 93.4 Å². The second-order valence-corrected chi connectivity index (χ2v) is 6.03. The number of aromatic nitrogens is 3. The number of rotatable bonds is 5. The number of carbonyl (C=O) groups excluding carboxylic acids is 1.